The molecule has 1 heterocycles. The topological polar surface area (TPSA) is 178 Å². The minimum absolute atomic E-state index is 0.148. The van der Waals surface area contributed by atoms with Gasteiger partial charge in [-0.2, -0.15) is 5.06 Å². The van der Waals surface area contributed by atoms with Gasteiger partial charge in [0, 0.05) is 64.1 Å². The maximum Gasteiger partial charge on any atom is 0.300 e. The monoisotopic (exact) mass is 707 g/mol. The minimum atomic E-state index is -1.57. The Labute approximate surface area is 285 Å². The molecular weight excluding hydrogens is 665 g/mol. The summed E-state index contributed by atoms with van der Waals surface area (Å²) in [5.41, 5.74) is 0. The third kappa shape index (κ3) is 9.71. The first-order valence-corrected chi connectivity index (χ1v) is 15.7. The number of carbonyl (C=O) groups excluding carboxylic acids is 2. The van der Waals surface area contributed by atoms with E-state index in [4.69, 9.17) is 57.7 Å². The maximum atomic E-state index is 10.2. The summed E-state index contributed by atoms with van der Waals surface area (Å²) in [4.78, 5) is 29.5. The van der Waals surface area contributed by atoms with Gasteiger partial charge in [-0.1, -0.05) is 0 Å². The van der Waals surface area contributed by atoms with Crippen molar-refractivity contribution in [1.29, 1.82) is 0 Å². The summed E-state index contributed by atoms with van der Waals surface area (Å²) in [5, 5.41) is 18.2. The van der Waals surface area contributed by atoms with Crippen LogP contribution in [-0.4, -0.2) is 97.1 Å². The fraction of sp³-hybridized carbons (Fsp3) is 0.364. The summed E-state index contributed by atoms with van der Waals surface area (Å²) in [6, 6.07) is 10.8. The zero-order valence-electron chi connectivity index (χ0n) is 29.1. The van der Waals surface area contributed by atoms with E-state index in [1.807, 2.05) is 0 Å². The number of carboxylic acids is 1. The third-order valence-corrected chi connectivity index (χ3v) is 9.43. The van der Waals surface area contributed by atoms with Crippen molar-refractivity contribution in [3.05, 3.63) is 36.4 Å². The Morgan fingerprint density at radius 1 is 0.531 bits per heavy atom. The number of imide groups is 1. The van der Waals surface area contributed by atoms with Crippen LogP contribution in [0.1, 0.15) is 19.8 Å². The molecule has 1 aliphatic rings. The van der Waals surface area contributed by atoms with Crippen LogP contribution in [-0.2, 0) is 14.4 Å². The number of nitrogens with zero attached hydrogens (tertiary/aromatic N) is 1. The largest absolute Gasteiger partial charge is 0.496 e. The van der Waals surface area contributed by atoms with Crippen molar-refractivity contribution in [1.82, 2.24) is 5.06 Å². The van der Waals surface area contributed by atoms with Crippen molar-refractivity contribution in [2.75, 3.05) is 64.0 Å². The van der Waals surface area contributed by atoms with Gasteiger partial charge in [0.1, 0.15) is 51.7 Å². The molecule has 0 aliphatic carbocycles. The van der Waals surface area contributed by atoms with E-state index >= 15 is 0 Å². The Hall–Kier alpha value is -5.14. The van der Waals surface area contributed by atoms with Gasteiger partial charge in [-0.15, -0.1) is 0 Å². The molecule has 49 heavy (non-hydrogen) atoms. The fourth-order valence-electron chi connectivity index (χ4n) is 4.52. The number of rotatable bonds is 12. The van der Waals surface area contributed by atoms with Crippen molar-refractivity contribution in [3.8, 4) is 51.7 Å². The standard InChI is InChI=1S/C27H33O9P.C4H5NO3.C2H4O2/c1-28-16-10-19(31-4)25(20(11-16)32-5)37(26-21(33-6)12-17(29-2)13-22(26)34-7)27-23(35-8)14-18(30-3)15-24(27)36-9;6-3-1-2-4(7)5(3)8;1-2(3)4/h10-15H,1-9H3;8H,1-2H2;1H3,(H,3,4). The molecule has 2 N–H and O–H groups in total. The van der Waals surface area contributed by atoms with Crippen molar-refractivity contribution in [2.24, 2.45) is 0 Å². The molecular formula is C33H42NO14P. The van der Waals surface area contributed by atoms with Crippen molar-refractivity contribution >= 4 is 41.6 Å². The number of hydroxylamine groups is 2. The van der Waals surface area contributed by atoms with Crippen LogP contribution in [0.2, 0.25) is 0 Å². The van der Waals surface area contributed by atoms with Gasteiger partial charge in [0.25, 0.3) is 17.8 Å². The summed E-state index contributed by atoms with van der Waals surface area (Å²) >= 11 is 0. The third-order valence-electron chi connectivity index (χ3n) is 6.76. The number of hydrogen-bond donors (Lipinski definition) is 2. The van der Waals surface area contributed by atoms with E-state index in [0.29, 0.717) is 51.7 Å². The molecule has 0 aromatic heterocycles. The van der Waals surface area contributed by atoms with E-state index in [1.54, 1.807) is 100 Å². The van der Waals surface area contributed by atoms with Crippen LogP contribution in [0, 0.1) is 0 Å². The number of carboxylic acid groups (broad SMARTS) is 1. The van der Waals surface area contributed by atoms with Gasteiger partial charge < -0.3 is 47.7 Å². The molecule has 0 radical (unpaired) electrons. The lowest BCUT2D eigenvalue weighted by Crippen LogP contribution is -2.27. The Morgan fingerprint density at radius 3 is 0.857 bits per heavy atom. The fourth-order valence-corrected chi connectivity index (χ4v) is 7.45. The van der Waals surface area contributed by atoms with Crippen molar-refractivity contribution in [2.45, 2.75) is 19.8 Å². The Kier molecular flexibility index (Phi) is 15.5. The molecule has 1 saturated heterocycles. The van der Waals surface area contributed by atoms with Gasteiger partial charge in [-0.25, -0.2) is 0 Å². The average Bonchev–Trinajstić information content (AvgIpc) is 3.41. The number of benzene rings is 3. The van der Waals surface area contributed by atoms with E-state index in [1.165, 1.54) is 0 Å². The van der Waals surface area contributed by atoms with Crippen molar-refractivity contribution in [3.63, 3.8) is 0 Å². The van der Waals surface area contributed by atoms with E-state index in [0.717, 1.165) is 22.8 Å². The number of aliphatic carboxylic acids is 1. The van der Waals surface area contributed by atoms with Crippen LogP contribution in [0.25, 0.3) is 0 Å². The van der Waals surface area contributed by atoms with Crippen LogP contribution in [0.4, 0.5) is 0 Å². The molecule has 0 unspecified atom stereocenters. The molecule has 0 spiro atoms. The Balaban J connectivity index is 0.000000585. The van der Waals surface area contributed by atoms with E-state index < -0.39 is 25.7 Å². The zero-order chi connectivity index (χ0) is 36.8. The molecule has 2 amide bonds. The molecule has 4 rings (SSSR count). The zero-order valence-corrected chi connectivity index (χ0v) is 30.0. The highest BCUT2D eigenvalue weighted by atomic mass is 31.1. The van der Waals surface area contributed by atoms with Crippen LogP contribution in [0.3, 0.4) is 0 Å². The molecule has 3 aromatic carbocycles. The first-order chi connectivity index (χ1) is 23.4. The molecule has 268 valence electrons. The molecule has 1 fully saturated rings. The number of amides is 2. The number of methoxy groups -OCH3 is 9. The molecule has 16 heteroatoms. The van der Waals surface area contributed by atoms with Gasteiger partial charge in [0.05, 0.1) is 79.9 Å². The van der Waals surface area contributed by atoms with Crippen molar-refractivity contribution < 1.29 is 67.3 Å². The highest BCUT2D eigenvalue weighted by Gasteiger charge is 2.36. The van der Waals surface area contributed by atoms with E-state index in [2.05, 4.69) is 0 Å². The number of hydrogen-bond acceptors (Lipinski definition) is 13. The summed E-state index contributed by atoms with van der Waals surface area (Å²) in [6.07, 6.45) is 0.296. The van der Waals surface area contributed by atoms with Gasteiger partial charge in [0.15, 0.2) is 0 Å². The summed E-state index contributed by atoms with van der Waals surface area (Å²) in [5.74, 6) is 3.15. The predicted molar refractivity (Wildman–Crippen MR) is 180 cm³/mol. The first kappa shape index (κ1) is 40.0. The van der Waals surface area contributed by atoms with Gasteiger partial charge in [-0.05, 0) is 0 Å². The summed E-state index contributed by atoms with van der Waals surface area (Å²) < 4.78 is 51.8. The van der Waals surface area contributed by atoms with Crippen LogP contribution in [0.5, 0.6) is 51.7 Å². The average molecular weight is 708 g/mol. The normalized spacial score (nSPS) is 11.8. The smallest absolute Gasteiger partial charge is 0.300 e. The first-order valence-electron chi connectivity index (χ1n) is 14.3. The molecule has 1 aliphatic heterocycles. The van der Waals surface area contributed by atoms with E-state index in [-0.39, 0.29) is 17.9 Å². The minimum Gasteiger partial charge on any atom is -0.496 e. The van der Waals surface area contributed by atoms with Gasteiger partial charge in [0.2, 0.25) is 0 Å². The molecule has 0 saturated carbocycles. The lowest BCUT2D eigenvalue weighted by molar-refractivity contribution is -0.171. The number of carbonyl (C=O) groups is 3. The van der Waals surface area contributed by atoms with Crippen LogP contribution < -0.4 is 58.5 Å². The maximum absolute atomic E-state index is 10.2. The second-order valence-electron chi connectivity index (χ2n) is 9.60. The highest BCUT2D eigenvalue weighted by Crippen LogP contribution is 2.51. The second kappa shape index (κ2) is 19.0. The molecule has 0 bridgehead atoms. The number of ether oxygens (including phenoxy) is 9. The van der Waals surface area contributed by atoms with E-state index in [9.17, 15) is 9.59 Å². The molecule has 3 aromatic rings. The lowest BCUT2D eigenvalue weighted by atomic mass is 10.3. The van der Waals surface area contributed by atoms with Gasteiger partial charge in [-0.3, -0.25) is 19.6 Å². The SMILES string of the molecule is CC(=O)O.COc1cc(OC)c(P(c2c(OC)cc(OC)cc2OC)c2c(OC)cc(OC)cc2OC)c(OC)c1.O=C1CCC(=O)N1O. The quantitative estimate of drug-likeness (QED) is 0.159. The molecule has 15 nitrogen and oxygen atoms in total. The van der Waals surface area contributed by atoms with Crippen LogP contribution in [0.15, 0.2) is 36.4 Å². The Morgan fingerprint density at radius 2 is 0.735 bits per heavy atom. The lowest BCUT2D eigenvalue weighted by Gasteiger charge is -2.29. The summed E-state index contributed by atoms with van der Waals surface area (Å²) in [7, 11) is 12.7. The predicted octanol–water partition coefficient (Wildman–Crippen LogP) is 3.14. The molecule has 0 atom stereocenters. The summed E-state index contributed by atoms with van der Waals surface area (Å²) in [6.45, 7) is 1.08. The highest BCUT2D eigenvalue weighted by molar-refractivity contribution is 7.81. The Bertz CT molecular complexity index is 1370. The second-order valence-corrected chi connectivity index (χ2v) is 11.6. The van der Waals surface area contributed by atoms with Gasteiger partial charge >= 0.3 is 0 Å². The van der Waals surface area contributed by atoms with Crippen LogP contribution >= 0.6 is 7.92 Å².